The number of amides is 1. The van der Waals surface area contributed by atoms with Gasteiger partial charge in [-0.2, -0.15) is 0 Å². The van der Waals surface area contributed by atoms with E-state index in [4.69, 9.17) is 9.15 Å². The highest BCUT2D eigenvalue weighted by Crippen LogP contribution is 2.17. The Morgan fingerprint density at radius 3 is 2.70 bits per heavy atom. The van der Waals surface area contributed by atoms with Gasteiger partial charge < -0.3 is 14.5 Å². The van der Waals surface area contributed by atoms with E-state index in [-0.39, 0.29) is 12.5 Å². The van der Waals surface area contributed by atoms with Crippen LogP contribution in [0.4, 0.5) is 5.69 Å². The first kappa shape index (κ1) is 17.3. The Bertz CT molecular complexity index is 749. The number of carbonyl (C=O) groups excluding carboxylic acids is 2. The second-order valence-corrected chi connectivity index (χ2v) is 6.14. The summed E-state index contributed by atoms with van der Waals surface area (Å²) in [5.74, 6) is 0.321. The van der Waals surface area contributed by atoms with Gasteiger partial charge in [0.2, 0.25) is 0 Å². The van der Waals surface area contributed by atoms with Crippen molar-refractivity contribution in [3.8, 4) is 0 Å². The molecule has 1 aromatic carbocycles. The van der Waals surface area contributed by atoms with E-state index < -0.39 is 5.97 Å². The Labute approximate surface area is 147 Å². The van der Waals surface area contributed by atoms with Crippen LogP contribution in [0.25, 0.3) is 6.08 Å². The molecule has 120 valence electrons. The Morgan fingerprint density at radius 2 is 2.04 bits per heavy atom. The molecule has 0 aliphatic heterocycles. The molecule has 1 amide bonds. The van der Waals surface area contributed by atoms with Crippen molar-refractivity contribution < 1.29 is 18.7 Å². The van der Waals surface area contributed by atoms with Gasteiger partial charge in [0.15, 0.2) is 6.61 Å². The lowest BCUT2D eigenvalue weighted by molar-refractivity contribution is -0.142. The fraction of sp³-hybridized carbons (Fsp3) is 0.176. The lowest BCUT2D eigenvalue weighted by Gasteiger charge is -2.08. The van der Waals surface area contributed by atoms with Crippen molar-refractivity contribution >= 4 is 46.2 Å². The standard InChI is InChI=1S/C17H16INO4/c1-11-9-13(18)4-7-15(11)19-16(20)10-22-17(21)8-6-14-5-3-12(2)23-14/h3-9H,10H2,1-2H3,(H,19,20). The number of nitrogens with one attached hydrogen (secondary N) is 1. The molecule has 0 atom stereocenters. The number of esters is 1. The molecule has 0 unspecified atom stereocenters. The molecule has 1 N–H and O–H groups in total. The number of ether oxygens (including phenoxy) is 1. The molecule has 1 heterocycles. The summed E-state index contributed by atoms with van der Waals surface area (Å²) in [7, 11) is 0. The lowest BCUT2D eigenvalue weighted by atomic mass is 10.2. The number of rotatable bonds is 5. The van der Waals surface area contributed by atoms with Crippen molar-refractivity contribution in [3.63, 3.8) is 0 Å². The van der Waals surface area contributed by atoms with E-state index in [1.807, 2.05) is 32.0 Å². The van der Waals surface area contributed by atoms with Crippen molar-refractivity contribution in [1.29, 1.82) is 0 Å². The van der Waals surface area contributed by atoms with E-state index in [0.717, 1.165) is 14.9 Å². The van der Waals surface area contributed by atoms with Gasteiger partial charge in [-0.3, -0.25) is 4.79 Å². The highest BCUT2D eigenvalue weighted by atomic mass is 127. The van der Waals surface area contributed by atoms with E-state index in [2.05, 4.69) is 27.9 Å². The fourth-order valence-electron chi connectivity index (χ4n) is 1.83. The molecule has 2 rings (SSSR count). The summed E-state index contributed by atoms with van der Waals surface area (Å²) in [4.78, 5) is 23.4. The number of halogens is 1. The molecular weight excluding hydrogens is 409 g/mol. The highest BCUT2D eigenvalue weighted by molar-refractivity contribution is 14.1. The van der Waals surface area contributed by atoms with Crippen LogP contribution in [0, 0.1) is 17.4 Å². The van der Waals surface area contributed by atoms with E-state index in [0.29, 0.717) is 11.4 Å². The summed E-state index contributed by atoms with van der Waals surface area (Å²) >= 11 is 2.20. The molecule has 0 aliphatic carbocycles. The SMILES string of the molecule is Cc1ccc(C=CC(=O)OCC(=O)Nc2ccc(I)cc2C)o1. The minimum atomic E-state index is -0.603. The van der Waals surface area contributed by atoms with Crippen molar-refractivity contribution in [3.05, 3.63) is 57.1 Å². The summed E-state index contributed by atoms with van der Waals surface area (Å²) < 4.78 is 11.3. The molecule has 23 heavy (non-hydrogen) atoms. The first-order valence-corrected chi connectivity index (χ1v) is 7.99. The molecule has 1 aromatic heterocycles. The molecule has 0 saturated carbocycles. The van der Waals surface area contributed by atoms with Crippen LogP contribution in [0.3, 0.4) is 0 Å². The zero-order valence-corrected chi connectivity index (χ0v) is 14.9. The van der Waals surface area contributed by atoms with Crippen molar-refractivity contribution in [2.45, 2.75) is 13.8 Å². The molecule has 0 bridgehead atoms. The molecule has 0 aliphatic rings. The monoisotopic (exact) mass is 425 g/mol. The van der Waals surface area contributed by atoms with E-state index in [9.17, 15) is 9.59 Å². The molecule has 5 nitrogen and oxygen atoms in total. The quantitative estimate of drug-likeness (QED) is 0.451. The Balaban J connectivity index is 1.81. The average Bonchev–Trinajstić information content (AvgIpc) is 2.91. The van der Waals surface area contributed by atoms with Gasteiger partial charge in [-0.1, -0.05) is 0 Å². The summed E-state index contributed by atoms with van der Waals surface area (Å²) in [5, 5.41) is 2.71. The van der Waals surface area contributed by atoms with Crippen LogP contribution in [0.1, 0.15) is 17.1 Å². The third-order valence-corrected chi connectivity index (χ3v) is 3.62. The van der Waals surface area contributed by atoms with Crippen LogP contribution in [0.5, 0.6) is 0 Å². The lowest BCUT2D eigenvalue weighted by Crippen LogP contribution is -2.20. The predicted molar refractivity (Wildman–Crippen MR) is 96.0 cm³/mol. The van der Waals surface area contributed by atoms with Crippen molar-refractivity contribution in [1.82, 2.24) is 0 Å². The largest absolute Gasteiger partial charge is 0.462 e. The highest BCUT2D eigenvalue weighted by Gasteiger charge is 2.07. The smallest absolute Gasteiger partial charge is 0.331 e. The average molecular weight is 425 g/mol. The van der Waals surface area contributed by atoms with Gasteiger partial charge in [0.1, 0.15) is 11.5 Å². The van der Waals surface area contributed by atoms with Crippen LogP contribution >= 0.6 is 22.6 Å². The van der Waals surface area contributed by atoms with Crippen LogP contribution in [-0.2, 0) is 14.3 Å². The zero-order chi connectivity index (χ0) is 16.8. The maximum absolute atomic E-state index is 11.8. The maximum Gasteiger partial charge on any atom is 0.331 e. The molecule has 0 saturated heterocycles. The number of carbonyl (C=O) groups is 2. The third kappa shape index (κ3) is 5.55. The number of hydrogen-bond donors (Lipinski definition) is 1. The number of hydrogen-bond acceptors (Lipinski definition) is 4. The second kappa shape index (κ2) is 7.96. The number of furan rings is 1. The molecule has 0 radical (unpaired) electrons. The summed E-state index contributed by atoms with van der Waals surface area (Å²) in [5.41, 5.74) is 1.65. The number of benzene rings is 1. The van der Waals surface area contributed by atoms with Crippen LogP contribution < -0.4 is 5.32 Å². The van der Waals surface area contributed by atoms with Gasteiger partial charge in [-0.25, -0.2) is 4.79 Å². The predicted octanol–water partition coefficient (Wildman–Crippen LogP) is 3.70. The third-order valence-electron chi connectivity index (χ3n) is 2.95. The molecule has 0 fully saturated rings. The van der Waals surface area contributed by atoms with E-state index in [1.54, 1.807) is 12.1 Å². The Kier molecular flexibility index (Phi) is 5.97. The van der Waals surface area contributed by atoms with Gasteiger partial charge in [-0.05, 0) is 78.4 Å². The fourth-order valence-corrected chi connectivity index (χ4v) is 2.48. The van der Waals surface area contributed by atoms with Crippen molar-refractivity contribution in [2.75, 3.05) is 11.9 Å². The van der Waals surface area contributed by atoms with E-state index in [1.165, 1.54) is 12.2 Å². The molecule has 0 spiro atoms. The van der Waals surface area contributed by atoms with Crippen LogP contribution in [-0.4, -0.2) is 18.5 Å². The maximum atomic E-state index is 11.8. The van der Waals surface area contributed by atoms with Gasteiger partial charge in [0.05, 0.1) is 0 Å². The number of aryl methyl sites for hydroxylation is 2. The summed E-state index contributed by atoms with van der Waals surface area (Å²) in [6.07, 6.45) is 2.72. The first-order valence-electron chi connectivity index (χ1n) is 6.91. The summed E-state index contributed by atoms with van der Waals surface area (Å²) in [6.45, 7) is 3.37. The van der Waals surface area contributed by atoms with Crippen LogP contribution in [0.15, 0.2) is 40.8 Å². The Hall–Kier alpha value is -2.09. The van der Waals surface area contributed by atoms with Gasteiger partial charge in [0, 0.05) is 15.3 Å². The molecule has 2 aromatic rings. The normalized spacial score (nSPS) is 10.7. The zero-order valence-electron chi connectivity index (χ0n) is 12.8. The van der Waals surface area contributed by atoms with Gasteiger partial charge in [-0.15, -0.1) is 0 Å². The molecule has 6 heteroatoms. The van der Waals surface area contributed by atoms with Crippen molar-refractivity contribution in [2.24, 2.45) is 0 Å². The van der Waals surface area contributed by atoms with Gasteiger partial charge >= 0.3 is 5.97 Å². The van der Waals surface area contributed by atoms with Gasteiger partial charge in [0.25, 0.3) is 5.91 Å². The minimum absolute atomic E-state index is 0.341. The summed E-state index contributed by atoms with van der Waals surface area (Å²) in [6, 6.07) is 9.20. The topological polar surface area (TPSA) is 68.5 Å². The number of anilines is 1. The van der Waals surface area contributed by atoms with Crippen LogP contribution in [0.2, 0.25) is 0 Å². The molecular formula is C17H16INO4. The first-order chi connectivity index (χ1) is 10.9. The Morgan fingerprint density at radius 1 is 1.26 bits per heavy atom. The second-order valence-electron chi connectivity index (χ2n) is 4.90. The van der Waals surface area contributed by atoms with E-state index >= 15 is 0 Å². The minimum Gasteiger partial charge on any atom is -0.462 e.